The van der Waals surface area contributed by atoms with Gasteiger partial charge in [-0.15, -0.1) is 0 Å². The number of hydrogen-bond acceptors (Lipinski definition) is 5. The van der Waals surface area contributed by atoms with Crippen LogP contribution in [0.15, 0.2) is 30.3 Å². The van der Waals surface area contributed by atoms with Crippen LogP contribution in [0.1, 0.15) is 32.3 Å². The number of rotatable bonds is 7. The van der Waals surface area contributed by atoms with E-state index in [2.05, 4.69) is 0 Å². The average molecular weight is 383 g/mol. The van der Waals surface area contributed by atoms with Gasteiger partial charge in [-0.25, -0.2) is 4.79 Å². The Morgan fingerprint density at radius 1 is 1.31 bits per heavy atom. The van der Waals surface area contributed by atoms with Crippen molar-refractivity contribution >= 4 is 19.4 Å². The molecular weight excluding hydrogens is 357 g/mol. The van der Waals surface area contributed by atoms with Gasteiger partial charge in [0.1, 0.15) is 12.4 Å². The third kappa shape index (κ3) is 5.32. The monoisotopic (exact) mass is 383 g/mol. The molecule has 8 heteroatoms. The van der Waals surface area contributed by atoms with Crippen molar-refractivity contribution in [3.05, 3.63) is 35.9 Å². The Balaban J connectivity index is 1.97. The van der Waals surface area contributed by atoms with E-state index in [9.17, 15) is 19.0 Å². The maximum absolute atomic E-state index is 12.8. The fraction of sp³-hybridized carbons (Fsp3) is 0.556. The largest absolute Gasteiger partial charge is 0.466 e. The van der Waals surface area contributed by atoms with Crippen molar-refractivity contribution < 1.29 is 28.5 Å². The van der Waals surface area contributed by atoms with Crippen molar-refractivity contribution in [2.45, 2.75) is 39.1 Å². The van der Waals surface area contributed by atoms with E-state index in [0.717, 1.165) is 5.56 Å². The lowest BCUT2D eigenvalue weighted by Crippen LogP contribution is -2.37. The van der Waals surface area contributed by atoms with Crippen LogP contribution < -0.4 is 0 Å². The summed E-state index contributed by atoms with van der Waals surface area (Å²) < 4.78 is 23.0. The highest BCUT2D eigenvalue weighted by molar-refractivity contribution is 7.58. The Labute approximate surface area is 153 Å². The zero-order chi connectivity index (χ0) is 19.2. The minimum absolute atomic E-state index is 0.109. The van der Waals surface area contributed by atoms with E-state index >= 15 is 0 Å². The van der Waals surface area contributed by atoms with Gasteiger partial charge in [0.2, 0.25) is 7.37 Å². The van der Waals surface area contributed by atoms with Crippen molar-refractivity contribution in [1.29, 1.82) is 0 Å². The standard InChI is InChI=1S/C18H26NO6P/c1-3-24-17(20)14(2)13-26(22,23)16-10-7-11-19(16)18(21)25-12-15-8-5-4-6-9-15/h4-6,8-9,14,16H,3,7,10-13H2,1-2H3,(H,22,23)/t14-,16+/m1/s1. The number of nitrogens with zero attached hydrogens (tertiary/aromatic N) is 1. The molecule has 1 fully saturated rings. The molecule has 1 amide bonds. The van der Waals surface area contributed by atoms with Crippen molar-refractivity contribution in [3.8, 4) is 0 Å². The number of esters is 1. The first-order chi connectivity index (χ1) is 12.3. The van der Waals surface area contributed by atoms with Crippen molar-refractivity contribution in [3.63, 3.8) is 0 Å². The summed E-state index contributed by atoms with van der Waals surface area (Å²) in [6.45, 7) is 3.95. The Morgan fingerprint density at radius 3 is 2.65 bits per heavy atom. The fourth-order valence-corrected chi connectivity index (χ4v) is 5.47. The molecule has 1 aliphatic heterocycles. The van der Waals surface area contributed by atoms with Crippen LogP contribution >= 0.6 is 7.37 Å². The second kappa shape index (κ2) is 9.19. The molecule has 1 aromatic carbocycles. The van der Waals surface area contributed by atoms with Gasteiger partial charge >= 0.3 is 12.1 Å². The minimum atomic E-state index is -3.76. The van der Waals surface area contributed by atoms with E-state index in [1.54, 1.807) is 13.8 Å². The van der Waals surface area contributed by atoms with Crippen molar-refractivity contribution in [2.75, 3.05) is 19.3 Å². The van der Waals surface area contributed by atoms with Gasteiger partial charge < -0.3 is 14.4 Å². The fourth-order valence-electron chi connectivity index (χ4n) is 3.06. The van der Waals surface area contributed by atoms with E-state index in [-0.39, 0.29) is 19.4 Å². The molecule has 1 aliphatic rings. The summed E-state index contributed by atoms with van der Waals surface area (Å²) in [5.74, 6) is -2.02. The van der Waals surface area contributed by atoms with Crippen LogP contribution in [0.4, 0.5) is 4.79 Å². The smallest absolute Gasteiger partial charge is 0.410 e. The van der Waals surface area contributed by atoms with Gasteiger partial charge in [-0.3, -0.25) is 14.3 Å². The highest BCUT2D eigenvalue weighted by Gasteiger charge is 2.43. The number of carbonyl (C=O) groups excluding carboxylic acids is 2. The van der Waals surface area contributed by atoms with E-state index in [0.29, 0.717) is 19.4 Å². The SMILES string of the molecule is CCOC(=O)[C@H](C)CP(=O)(O)[C@H]1CCCN1C(=O)OCc1ccccc1. The van der Waals surface area contributed by atoms with E-state index in [4.69, 9.17) is 9.47 Å². The highest BCUT2D eigenvalue weighted by Crippen LogP contribution is 2.53. The quantitative estimate of drug-likeness (QED) is 0.574. The molecule has 1 N–H and O–H groups in total. The summed E-state index contributed by atoms with van der Waals surface area (Å²) in [6.07, 6.45) is 0.237. The Hall–Kier alpha value is -1.85. The number of ether oxygens (including phenoxy) is 2. The predicted molar refractivity (Wildman–Crippen MR) is 96.8 cm³/mol. The van der Waals surface area contributed by atoms with Crippen LogP contribution in [0.3, 0.4) is 0 Å². The van der Waals surface area contributed by atoms with Crippen LogP contribution in [-0.2, 0) is 25.4 Å². The first-order valence-electron chi connectivity index (χ1n) is 8.80. The third-order valence-electron chi connectivity index (χ3n) is 4.35. The summed E-state index contributed by atoms with van der Waals surface area (Å²) in [6, 6.07) is 9.25. The molecule has 1 saturated heterocycles. The number of benzene rings is 1. The lowest BCUT2D eigenvalue weighted by Gasteiger charge is -2.29. The molecule has 1 aromatic rings. The van der Waals surface area contributed by atoms with Crippen LogP contribution in [0, 0.1) is 5.92 Å². The molecule has 7 nitrogen and oxygen atoms in total. The first kappa shape index (κ1) is 20.5. The number of amides is 1. The van der Waals surface area contributed by atoms with Gasteiger partial charge in [-0.2, -0.15) is 0 Å². The Morgan fingerprint density at radius 2 is 2.00 bits per heavy atom. The molecule has 0 bridgehead atoms. The summed E-state index contributed by atoms with van der Waals surface area (Å²) in [7, 11) is -3.76. The summed E-state index contributed by atoms with van der Waals surface area (Å²) in [5, 5.41) is 0. The molecule has 26 heavy (non-hydrogen) atoms. The van der Waals surface area contributed by atoms with E-state index < -0.39 is 31.1 Å². The summed E-state index contributed by atoms with van der Waals surface area (Å²) >= 11 is 0. The predicted octanol–water partition coefficient (Wildman–Crippen LogP) is 3.21. The zero-order valence-electron chi connectivity index (χ0n) is 15.2. The van der Waals surface area contributed by atoms with Crippen LogP contribution in [0.5, 0.6) is 0 Å². The van der Waals surface area contributed by atoms with Gasteiger partial charge in [0.05, 0.1) is 12.5 Å². The van der Waals surface area contributed by atoms with Gasteiger partial charge in [-0.1, -0.05) is 37.3 Å². The second-order valence-electron chi connectivity index (χ2n) is 6.45. The topological polar surface area (TPSA) is 93.1 Å². The normalized spacial score (nSPS) is 20.3. The minimum Gasteiger partial charge on any atom is -0.466 e. The summed E-state index contributed by atoms with van der Waals surface area (Å²) in [4.78, 5) is 36.0. The van der Waals surface area contributed by atoms with Crippen molar-refractivity contribution in [1.82, 2.24) is 4.90 Å². The van der Waals surface area contributed by atoms with Gasteiger partial charge in [0.15, 0.2) is 0 Å². The molecule has 1 unspecified atom stereocenters. The zero-order valence-corrected chi connectivity index (χ0v) is 16.1. The molecule has 2 rings (SSSR count). The molecular formula is C18H26NO6P. The Kier molecular flexibility index (Phi) is 7.23. The van der Waals surface area contributed by atoms with Gasteiger partial charge in [-0.05, 0) is 25.3 Å². The van der Waals surface area contributed by atoms with E-state index in [1.807, 2.05) is 30.3 Å². The molecule has 144 valence electrons. The van der Waals surface area contributed by atoms with E-state index in [1.165, 1.54) is 4.90 Å². The van der Waals surface area contributed by atoms with Crippen molar-refractivity contribution in [2.24, 2.45) is 5.92 Å². The maximum atomic E-state index is 12.8. The molecule has 1 heterocycles. The lowest BCUT2D eigenvalue weighted by molar-refractivity contribution is -0.146. The highest BCUT2D eigenvalue weighted by atomic mass is 31.2. The average Bonchev–Trinajstić information content (AvgIpc) is 3.11. The first-order valence-corrected chi connectivity index (χ1v) is 10.7. The van der Waals surface area contributed by atoms with Gasteiger partial charge in [0, 0.05) is 12.7 Å². The molecule has 3 atom stereocenters. The molecule has 0 radical (unpaired) electrons. The molecule has 0 spiro atoms. The second-order valence-corrected chi connectivity index (χ2v) is 8.92. The maximum Gasteiger partial charge on any atom is 0.410 e. The van der Waals surface area contributed by atoms with Crippen LogP contribution in [0.2, 0.25) is 0 Å². The molecule has 0 saturated carbocycles. The number of likely N-dealkylation sites (tertiary alicyclic amines) is 1. The Bertz CT molecular complexity index is 665. The molecule has 0 aliphatic carbocycles. The van der Waals surface area contributed by atoms with Crippen LogP contribution in [0.25, 0.3) is 0 Å². The number of carbonyl (C=O) groups is 2. The third-order valence-corrected chi connectivity index (χ3v) is 6.89. The van der Waals surface area contributed by atoms with Gasteiger partial charge in [0.25, 0.3) is 0 Å². The summed E-state index contributed by atoms with van der Waals surface area (Å²) in [5.41, 5.74) is 0.847. The number of hydrogen-bond donors (Lipinski definition) is 1. The van der Waals surface area contributed by atoms with Crippen LogP contribution in [-0.4, -0.2) is 47.0 Å². The lowest BCUT2D eigenvalue weighted by atomic mass is 10.2. The molecule has 0 aromatic heterocycles.